The average Bonchev–Trinajstić information content (AvgIpc) is 3.18. The molecule has 0 spiro atoms. The third-order valence-electron chi connectivity index (χ3n) is 3.04. The number of hydrogen-bond acceptors (Lipinski definition) is 4. The highest BCUT2D eigenvalue weighted by atomic mass is 32.2. The van der Waals surface area contributed by atoms with Crippen LogP contribution in [0.3, 0.4) is 0 Å². The normalized spacial score (nSPS) is 19.2. The van der Waals surface area contributed by atoms with E-state index in [4.69, 9.17) is 0 Å². The van der Waals surface area contributed by atoms with Crippen molar-refractivity contribution in [3.8, 4) is 0 Å². The van der Waals surface area contributed by atoms with Gasteiger partial charge in [-0.15, -0.1) is 0 Å². The van der Waals surface area contributed by atoms with Gasteiger partial charge in [0.05, 0.1) is 27.5 Å². The SMILES string of the molecule is CSc1nccc(C(NS(=O)C(C)(C)C)C2CC2)n1. The first-order valence-corrected chi connectivity index (χ1v) is 8.84. The molecule has 1 aliphatic carbocycles. The second kappa shape index (κ2) is 5.89. The van der Waals surface area contributed by atoms with Gasteiger partial charge in [0.2, 0.25) is 0 Å². The van der Waals surface area contributed by atoms with Crippen LogP contribution in [0.2, 0.25) is 0 Å². The Morgan fingerprint density at radius 3 is 2.68 bits per heavy atom. The van der Waals surface area contributed by atoms with Crippen LogP contribution in [0.4, 0.5) is 0 Å². The molecule has 1 N–H and O–H groups in total. The van der Waals surface area contributed by atoms with E-state index < -0.39 is 11.0 Å². The van der Waals surface area contributed by atoms with Crippen molar-refractivity contribution in [3.05, 3.63) is 18.0 Å². The topological polar surface area (TPSA) is 54.9 Å². The van der Waals surface area contributed by atoms with Crippen LogP contribution in [-0.2, 0) is 11.0 Å². The monoisotopic (exact) mass is 299 g/mol. The largest absolute Gasteiger partial charge is 0.242 e. The van der Waals surface area contributed by atoms with Crippen LogP contribution in [0.15, 0.2) is 17.4 Å². The Balaban J connectivity index is 2.18. The Bertz CT molecular complexity index is 469. The number of rotatable bonds is 5. The summed E-state index contributed by atoms with van der Waals surface area (Å²) in [5.74, 6) is 0.552. The fourth-order valence-corrected chi connectivity index (χ4v) is 3.01. The molecule has 2 atom stereocenters. The van der Waals surface area contributed by atoms with Crippen LogP contribution in [0.25, 0.3) is 0 Å². The number of thioether (sulfide) groups is 1. The lowest BCUT2D eigenvalue weighted by molar-refractivity contribution is 0.539. The summed E-state index contributed by atoms with van der Waals surface area (Å²) in [5, 5.41) is 0.770. The van der Waals surface area contributed by atoms with Gasteiger partial charge >= 0.3 is 0 Å². The zero-order valence-corrected chi connectivity index (χ0v) is 13.5. The minimum Gasteiger partial charge on any atom is -0.242 e. The Morgan fingerprint density at radius 1 is 1.47 bits per heavy atom. The number of nitrogens with one attached hydrogen (secondary N) is 1. The molecule has 0 radical (unpaired) electrons. The molecule has 0 aromatic carbocycles. The van der Waals surface area contributed by atoms with Crippen LogP contribution in [0.1, 0.15) is 45.3 Å². The maximum absolute atomic E-state index is 12.3. The van der Waals surface area contributed by atoms with Crippen LogP contribution >= 0.6 is 11.8 Å². The van der Waals surface area contributed by atoms with Crippen molar-refractivity contribution >= 4 is 22.7 Å². The summed E-state index contributed by atoms with van der Waals surface area (Å²) in [4.78, 5) is 8.74. The van der Waals surface area contributed by atoms with Gasteiger partial charge in [-0.2, -0.15) is 0 Å². The quantitative estimate of drug-likeness (QED) is 0.671. The summed E-state index contributed by atoms with van der Waals surface area (Å²) >= 11 is 1.53. The minimum atomic E-state index is -1.07. The molecule has 2 rings (SSSR count). The fraction of sp³-hybridized carbons (Fsp3) is 0.692. The molecule has 0 saturated heterocycles. The lowest BCUT2D eigenvalue weighted by Crippen LogP contribution is -2.36. The highest BCUT2D eigenvalue weighted by molar-refractivity contribution is 7.98. The smallest absolute Gasteiger partial charge is 0.187 e. The molecule has 1 aliphatic rings. The van der Waals surface area contributed by atoms with Crippen LogP contribution in [0, 0.1) is 5.92 Å². The van der Waals surface area contributed by atoms with E-state index in [1.54, 1.807) is 6.20 Å². The zero-order chi connectivity index (χ0) is 14.0. The maximum Gasteiger partial charge on any atom is 0.187 e. The lowest BCUT2D eigenvalue weighted by atomic mass is 10.1. The molecular weight excluding hydrogens is 278 g/mol. The van der Waals surface area contributed by atoms with E-state index >= 15 is 0 Å². The van der Waals surface area contributed by atoms with Crippen molar-refractivity contribution in [1.29, 1.82) is 0 Å². The highest BCUT2D eigenvalue weighted by Gasteiger charge is 2.36. The molecule has 0 aliphatic heterocycles. The standard InChI is InChI=1S/C13H21N3OS2/c1-13(2,3)19(17)16-11(9-5-6-9)10-7-8-14-12(15-10)18-4/h7-9,11,16H,5-6H2,1-4H3. The van der Waals surface area contributed by atoms with E-state index in [1.807, 2.05) is 33.1 Å². The van der Waals surface area contributed by atoms with Gasteiger partial charge in [-0.1, -0.05) is 11.8 Å². The number of hydrogen-bond donors (Lipinski definition) is 1. The van der Waals surface area contributed by atoms with Gasteiger partial charge in [0, 0.05) is 6.20 Å². The Kier molecular flexibility index (Phi) is 4.63. The maximum atomic E-state index is 12.3. The first-order chi connectivity index (χ1) is 8.91. The Hall–Kier alpha value is -0.460. The highest BCUT2D eigenvalue weighted by Crippen LogP contribution is 2.41. The number of nitrogens with zero attached hydrogens (tertiary/aromatic N) is 2. The second-order valence-corrected chi connectivity index (χ2v) is 8.55. The predicted molar refractivity (Wildman–Crippen MR) is 80.3 cm³/mol. The molecule has 1 saturated carbocycles. The minimum absolute atomic E-state index is 0.0777. The summed E-state index contributed by atoms with van der Waals surface area (Å²) in [5.41, 5.74) is 0.958. The van der Waals surface area contributed by atoms with Gasteiger partial charge in [0.25, 0.3) is 0 Å². The van der Waals surface area contributed by atoms with Crippen molar-refractivity contribution in [2.24, 2.45) is 5.92 Å². The molecule has 6 heteroatoms. The average molecular weight is 299 g/mol. The second-order valence-electron chi connectivity index (χ2n) is 5.78. The van der Waals surface area contributed by atoms with Gasteiger partial charge in [-0.05, 0) is 51.9 Å². The molecule has 0 bridgehead atoms. The van der Waals surface area contributed by atoms with E-state index in [0.717, 1.165) is 10.9 Å². The third kappa shape index (κ3) is 4.00. The fourth-order valence-electron chi connectivity index (χ4n) is 1.75. The molecule has 19 heavy (non-hydrogen) atoms. The molecule has 1 aromatic rings. The van der Waals surface area contributed by atoms with Crippen molar-refractivity contribution in [2.75, 3.05) is 6.26 Å². The van der Waals surface area contributed by atoms with Gasteiger partial charge in [-0.25, -0.2) is 18.9 Å². The molecule has 0 amide bonds. The first kappa shape index (κ1) is 14.9. The van der Waals surface area contributed by atoms with Crippen LogP contribution < -0.4 is 4.72 Å². The summed E-state index contributed by atoms with van der Waals surface area (Å²) in [6.07, 6.45) is 6.10. The Morgan fingerprint density at radius 2 is 2.16 bits per heavy atom. The van der Waals surface area contributed by atoms with E-state index in [9.17, 15) is 4.21 Å². The van der Waals surface area contributed by atoms with Crippen LogP contribution in [-0.4, -0.2) is 25.2 Å². The molecule has 1 fully saturated rings. The van der Waals surface area contributed by atoms with Crippen LogP contribution in [0.5, 0.6) is 0 Å². The summed E-state index contributed by atoms with van der Waals surface area (Å²) in [7, 11) is -1.07. The summed E-state index contributed by atoms with van der Waals surface area (Å²) in [6, 6.07) is 2.00. The van der Waals surface area contributed by atoms with Gasteiger partial charge in [0.1, 0.15) is 0 Å². The predicted octanol–water partition coefficient (Wildman–Crippen LogP) is 2.70. The van der Waals surface area contributed by atoms with Gasteiger partial charge < -0.3 is 0 Å². The molecular formula is C13H21N3OS2. The zero-order valence-electron chi connectivity index (χ0n) is 11.8. The molecule has 1 heterocycles. The lowest BCUT2D eigenvalue weighted by Gasteiger charge is -2.24. The molecule has 2 unspecified atom stereocenters. The number of aromatic nitrogens is 2. The molecule has 4 nitrogen and oxygen atoms in total. The van der Waals surface area contributed by atoms with Crippen molar-refractivity contribution in [3.63, 3.8) is 0 Å². The first-order valence-electron chi connectivity index (χ1n) is 6.47. The van der Waals surface area contributed by atoms with E-state index in [-0.39, 0.29) is 10.8 Å². The van der Waals surface area contributed by atoms with Gasteiger partial charge in [0.15, 0.2) is 5.16 Å². The van der Waals surface area contributed by atoms with Gasteiger partial charge in [-0.3, -0.25) is 0 Å². The van der Waals surface area contributed by atoms with Crippen molar-refractivity contribution < 1.29 is 4.21 Å². The van der Waals surface area contributed by atoms with E-state index in [1.165, 1.54) is 24.6 Å². The molecule has 1 aromatic heterocycles. The van der Waals surface area contributed by atoms with Crippen molar-refractivity contribution in [1.82, 2.24) is 14.7 Å². The summed E-state index contributed by atoms with van der Waals surface area (Å²) < 4.78 is 15.3. The Labute approximate surface area is 121 Å². The van der Waals surface area contributed by atoms with E-state index in [2.05, 4.69) is 14.7 Å². The third-order valence-corrected chi connectivity index (χ3v) is 5.18. The van der Waals surface area contributed by atoms with E-state index in [0.29, 0.717) is 5.92 Å². The summed E-state index contributed by atoms with van der Waals surface area (Å²) in [6.45, 7) is 5.94. The molecule has 106 valence electrons. The van der Waals surface area contributed by atoms with Crippen molar-refractivity contribution in [2.45, 2.75) is 49.6 Å².